The average molecular weight is 330 g/mol. The highest BCUT2D eigenvalue weighted by Gasteiger charge is 2.28. The molecule has 3 amide bonds. The summed E-state index contributed by atoms with van der Waals surface area (Å²) >= 11 is 0. The molecule has 0 saturated heterocycles. The lowest BCUT2D eigenvalue weighted by Crippen LogP contribution is -2.48. The molecule has 3 rings (SSSR count). The second-order valence-corrected chi connectivity index (χ2v) is 6.11. The molecule has 128 valence electrons. The van der Waals surface area contributed by atoms with Crippen molar-refractivity contribution in [3.05, 3.63) is 24.4 Å². The standard InChI is InChI=1S/C16H22N6O2/c1-3-13(23)19-11-6-4-5-7-12(11)20-15-17-8-10-9-18-16(24)22(2)14(10)21-15/h3,8,11-12H,1,4-7,9H2,2H3,(H,18,24)(H,19,23)(H,17,20,21)/t11-,12+/m0/s1. The molecule has 0 radical (unpaired) electrons. The van der Waals surface area contributed by atoms with E-state index in [1.54, 1.807) is 13.2 Å². The van der Waals surface area contributed by atoms with Crippen molar-refractivity contribution in [1.82, 2.24) is 20.6 Å². The van der Waals surface area contributed by atoms with E-state index in [0.717, 1.165) is 31.2 Å². The monoisotopic (exact) mass is 330 g/mol. The number of fused-ring (bicyclic) bond motifs is 1. The Morgan fingerprint density at radius 1 is 1.42 bits per heavy atom. The van der Waals surface area contributed by atoms with Gasteiger partial charge in [-0.05, 0) is 18.9 Å². The lowest BCUT2D eigenvalue weighted by Gasteiger charge is -2.33. The maximum absolute atomic E-state index is 11.7. The van der Waals surface area contributed by atoms with Crippen LogP contribution in [0, 0.1) is 0 Å². The quantitative estimate of drug-likeness (QED) is 0.720. The van der Waals surface area contributed by atoms with Crippen LogP contribution in [0.2, 0.25) is 0 Å². The number of anilines is 2. The van der Waals surface area contributed by atoms with Gasteiger partial charge in [0.05, 0.1) is 0 Å². The molecule has 1 aliphatic carbocycles. The summed E-state index contributed by atoms with van der Waals surface area (Å²) in [6, 6.07) is -0.103. The fourth-order valence-corrected chi connectivity index (χ4v) is 3.15. The number of carbonyl (C=O) groups excluding carboxylic acids is 2. The van der Waals surface area contributed by atoms with Crippen LogP contribution < -0.4 is 20.9 Å². The van der Waals surface area contributed by atoms with Crippen LogP contribution in [0.1, 0.15) is 31.2 Å². The van der Waals surface area contributed by atoms with Gasteiger partial charge in [0, 0.05) is 37.4 Å². The van der Waals surface area contributed by atoms with Crippen LogP contribution in [0.4, 0.5) is 16.6 Å². The molecule has 1 aliphatic heterocycles. The van der Waals surface area contributed by atoms with Crippen molar-refractivity contribution in [2.75, 3.05) is 17.3 Å². The number of hydrogen-bond donors (Lipinski definition) is 3. The fraction of sp³-hybridized carbons (Fsp3) is 0.500. The first kappa shape index (κ1) is 16.2. The van der Waals surface area contributed by atoms with Gasteiger partial charge in [0.25, 0.3) is 0 Å². The molecule has 1 aromatic rings. The van der Waals surface area contributed by atoms with Crippen LogP contribution in [0.15, 0.2) is 18.9 Å². The molecule has 0 unspecified atom stereocenters. The minimum Gasteiger partial charge on any atom is -0.349 e. The van der Waals surface area contributed by atoms with Crippen LogP contribution >= 0.6 is 0 Å². The molecule has 0 aromatic carbocycles. The number of hydrogen-bond acceptors (Lipinski definition) is 5. The molecular weight excluding hydrogens is 308 g/mol. The molecule has 24 heavy (non-hydrogen) atoms. The van der Waals surface area contributed by atoms with Crippen LogP contribution in [-0.2, 0) is 11.3 Å². The van der Waals surface area contributed by atoms with Crippen molar-refractivity contribution in [3.8, 4) is 0 Å². The van der Waals surface area contributed by atoms with E-state index in [9.17, 15) is 9.59 Å². The van der Waals surface area contributed by atoms with Crippen LogP contribution in [-0.4, -0.2) is 41.0 Å². The largest absolute Gasteiger partial charge is 0.349 e. The van der Waals surface area contributed by atoms with E-state index < -0.39 is 0 Å². The molecule has 1 aromatic heterocycles. The second-order valence-electron chi connectivity index (χ2n) is 6.11. The highest BCUT2D eigenvalue weighted by molar-refractivity contribution is 5.93. The Hall–Kier alpha value is -2.64. The predicted octanol–water partition coefficient (Wildman–Crippen LogP) is 1.16. The third-order valence-corrected chi connectivity index (χ3v) is 4.49. The van der Waals surface area contributed by atoms with Gasteiger partial charge in [-0.15, -0.1) is 0 Å². The maximum atomic E-state index is 11.7. The van der Waals surface area contributed by atoms with E-state index in [4.69, 9.17) is 0 Å². The van der Waals surface area contributed by atoms with Crippen LogP contribution in [0.3, 0.4) is 0 Å². The summed E-state index contributed by atoms with van der Waals surface area (Å²) in [7, 11) is 1.68. The number of carbonyl (C=O) groups is 2. The molecule has 3 N–H and O–H groups in total. The third-order valence-electron chi connectivity index (χ3n) is 4.49. The summed E-state index contributed by atoms with van der Waals surface area (Å²) in [4.78, 5) is 33.7. The van der Waals surface area contributed by atoms with Crippen molar-refractivity contribution in [2.45, 2.75) is 44.3 Å². The Bertz CT molecular complexity index is 662. The molecule has 1 saturated carbocycles. The first-order valence-electron chi connectivity index (χ1n) is 8.15. The van der Waals surface area contributed by atoms with Crippen molar-refractivity contribution < 1.29 is 9.59 Å². The van der Waals surface area contributed by atoms with Crippen molar-refractivity contribution in [3.63, 3.8) is 0 Å². The summed E-state index contributed by atoms with van der Waals surface area (Å²) in [5.74, 6) is 0.912. The Morgan fingerprint density at radius 3 is 2.92 bits per heavy atom. The highest BCUT2D eigenvalue weighted by Crippen LogP contribution is 2.24. The number of aromatic nitrogens is 2. The summed E-state index contributed by atoms with van der Waals surface area (Å²) < 4.78 is 0. The fourth-order valence-electron chi connectivity index (χ4n) is 3.15. The van der Waals surface area contributed by atoms with E-state index in [2.05, 4.69) is 32.5 Å². The Morgan fingerprint density at radius 2 is 2.17 bits per heavy atom. The molecule has 0 spiro atoms. The lowest BCUT2D eigenvalue weighted by molar-refractivity contribution is -0.117. The molecular formula is C16H22N6O2. The number of rotatable bonds is 4. The zero-order chi connectivity index (χ0) is 17.1. The van der Waals surface area contributed by atoms with Gasteiger partial charge in [-0.3, -0.25) is 9.69 Å². The zero-order valence-corrected chi connectivity index (χ0v) is 13.7. The Labute approximate surface area is 140 Å². The Balaban J connectivity index is 1.75. The average Bonchev–Trinajstić information content (AvgIpc) is 2.60. The number of amides is 3. The molecule has 2 aliphatic rings. The lowest BCUT2D eigenvalue weighted by atomic mass is 9.90. The summed E-state index contributed by atoms with van der Waals surface area (Å²) in [5.41, 5.74) is 0.878. The topological polar surface area (TPSA) is 99.2 Å². The van der Waals surface area contributed by atoms with E-state index in [-0.39, 0.29) is 24.0 Å². The van der Waals surface area contributed by atoms with E-state index in [1.165, 1.54) is 11.0 Å². The minimum atomic E-state index is -0.180. The molecule has 2 atom stereocenters. The second kappa shape index (κ2) is 6.86. The number of urea groups is 1. The van der Waals surface area contributed by atoms with Crippen molar-refractivity contribution in [1.29, 1.82) is 0 Å². The first-order valence-corrected chi connectivity index (χ1v) is 8.15. The SMILES string of the molecule is C=CC(=O)N[C@H]1CCCC[C@H]1Nc1ncc2c(n1)N(C)C(=O)NC2. The third kappa shape index (κ3) is 3.32. The number of nitrogens with one attached hydrogen (secondary N) is 3. The van der Waals surface area contributed by atoms with Crippen molar-refractivity contribution in [2.24, 2.45) is 0 Å². The summed E-state index contributed by atoms with van der Waals surface area (Å²) in [6.07, 6.45) is 7.01. The van der Waals surface area contributed by atoms with E-state index >= 15 is 0 Å². The first-order chi connectivity index (χ1) is 11.6. The molecule has 8 nitrogen and oxygen atoms in total. The minimum absolute atomic E-state index is 0.0184. The summed E-state index contributed by atoms with van der Waals surface area (Å²) in [5, 5.41) is 9.04. The smallest absolute Gasteiger partial charge is 0.323 e. The number of nitrogens with zero attached hydrogens (tertiary/aromatic N) is 3. The molecule has 2 heterocycles. The molecule has 1 fully saturated rings. The summed E-state index contributed by atoms with van der Waals surface area (Å²) in [6.45, 7) is 3.93. The van der Waals surface area contributed by atoms with Gasteiger partial charge in [-0.1, -0.05) is 19.4 Å². The molecule has 8 heteroatoms. The normalized spacial score (nSPS) is 23.0. The van der Waals surface area contributed by atoms with Gasteiger partial charge in [-0.2, -0.15) is 4.98 Å². The predicted molar refractivity (Wildman–Crippen MR) is 90.7 cm³/mol. The van der Waals surface area contributed by atoms with Gasteiger partial charge in [0.15, 0.2) is 0 Å². The van der Waals surface area contributed by atoms with Crippen LogP contribution in [0.5, 0.6) is 0 Å². The van der Waals surface area contributed by atoms with Crippen molar-refractivity contribution >= 4 is 23.7 Å². The highest BCUT2D eigenvalue weighted by atomic mass is 16.2. The maximum Gasteiger partial charge on any atom is 0.323 e. The molecule has 0 bridgehead atoms. The van der Waals surface area contributed by atoms with Gasteiger partial charge in [0.1, 0.15) is 5.82 Å². The van der Waals surface area contributed by atoms with Crippen LogP contribution in [0.25, 0.3) is 0 Å². The zero-order valence-electron chi connectivity index (χ0n) is 13.7. The Kier molecular flexibility index (Phi) is 4.64. The van der Waals surface area contributed by atoms with E-state index in [0.29, 0.717) is 18.3 Å². The van der Waals surface area contributed by atoms with Gasteiger partial charge in [-0.25, -0.2) is 9.78 Å². The van der Waals surface area contributed by atoms with Gasteiger partial charge in [0.2, 0.25) is 11.9 Å². The van der Waals surface area contributed by atoms with E-state index in [1.807, 2.05) is 0 Å². The van der Waals surface area contributed by atoms with Gasteiger partial charge >= 0.3 is 6.03 Å². The van der Waals surface area contributed by atoms with Gasteiger partial charge < -0.3 is 16.0 Å².